The van der Waals surface area contributed by atoms with E-state index in [1.165, 1.54) is 13.8 Å². The Kier molecular flexibility index (Phi) is 5.80. The molecule has 1 aliphatic heterocycles. The molecule has 6 heteroatoms. The topological polar surface area (TPSA) is 71.1 Å². The van der Waals surface area contributed by atoms with Gasteiger partial charge in [0.15, 0.2) is 6.29 Å². The molecule has 0 aromatic rings. The van der Waals surface area contributed by atoms with Crippen LogP contribution >= 0.6 is 0 Å². The molecule has 0 aliphatic carbocycles. The molecule has 3 atom stereocenters. The lowest BCUT2D eigenvalue weighted by molar-refractivity contribution is -0.195. The second kappa shape index (κ2) is 7.13. The molecular formula is C12H18O6. The van der Waals surface area contributed by atoms with Gasteiger partial charge in [0, 0.05) is 20.5 Å². The van der Waals surface area contributed by atoms with Crippen LogP contribution < -0.4 is 0 Å². The van der Waals surface area contributed by atoms with E-state index in [1.807, 2.05) is 6.92 Å². The maximum atomic E-state index is 11.0. The minimum absolute atomic E-state index is 0.0151. The first-order valence-corrected chi connectivity index (χ1v) is 5.79. The van der Waals surface area contributed by atoms with Gasteiger partial charge in [-0.3, -0.25) is 9.59 Å². The second-order valence-corrected chi connectivity index (χ2v) is 3.76. The Balaban J connectivity index is 2.62. The summed E-state index contributed by atoms with van der Waals surface area (Å²) in [6.45, 7) is 4.97. The molecule has 0 N–H and O–H groups in total. The minimum Gasteiger partial charge on any atom is -0.463 e. The van der Waals surface area contributed by atoms with Crippen LogP contribution in [0, 0.1) is 0 Å². The smallest absolute Gasteiger partial charge is 0.303 e. The van der Waals surface area contributed by atoms with Crippen LogP contribution in [0.15, 0.2) is 12.2 Å². The number of ether oxygens (including phenoxy) is 4. The van der Waals surface area contributed by atoms with Crippen molar-refractivity contribution in [2.24, 2.45) is 0 Å². The van der Waals surface area contributed by atoms with Crippen molar-refractivity contribution >= 4 is 11.9 Å². The summed E-state index contributed by atoms with van der Waals surface area (Å²) in [6.07, 6.45) is 1.71. The van der Waals surface area contributed by atoms with Gasteiger partial charge < -0.3 is 18.9 Å². The van der Waals surface area contributed by atoms with Gasteiger partial charge in [0.1, 0.15) is 18.8 Å². The molecule has 1 heterocycles. The quantitative estimate of drug-likeness (QED) is 0.536. The first-order valence-electron chi connectivity index (χ1n) is 5.79. The lowest BCUT2D eigenvalue weighted by Crippen LogP contribution is -2.42. The van der Waals surface area contributed by atoms with Crippen LogP contribution in [0.5, 0.6) is 0 Å². The number of rotatable bonds is 5. The first kappa shape index (κ1) is 14.7. The van der Waals surface area contributed by atoms with Crippen LogP contribution in [0.3, 0.4) is 0 Å². The number of hydrogen-bond acceptors (Lipinski definition) is 6. The molecule has 0 unspecified atom stereocenters. The van der Waals surface area contributed by atoms with Crippen LogP contribution in [0.4, 0.5) is 0 Å². The summed E-state index contributed by atoms with van der Waals surface area (Å²) in [6, 6.07) is 0. The Morgan fingerprint density at radius 2 is 1.94 bits per heavy atom. The van der Waals surface area contributed by atoms with Crippen molar-refractivity contribution < 1.29 is 28.5 Å². The molecule has 0 aromatic heterocycles. The number of esters is 2. The van der Waals surface area contributed by atoms with Crippen LogP contribution in [0.1, 0.15) is 20.8 Å². The minimum atomic E-state index is -0.571. The SMILES string of the molecule is CCO[C@H]1C=C[C@@H](OC(C)=O)[C@H](COC(C)=O)O1. The predicted molar refractivity (Wildman–Crippen MR) is 61.6 cm³/mol. The van der Waals surface area contributed by atoms with Crippen molar-refractivity contribution in [2.75, 3.05) is 13.2 Å². The summed E-state index contributed by atoms with van der Waals surface area (Å²) < 4.78 is 20.8. The van der Waals surface area contributed by atoms with Gasteiger partial charge in [0.05, 0.1) is 0 Å². The molecule has 0 saturated carbocycles. The Bertz CT molecular complexity index is 325. The summed E-state index contributed by atoms with van der Waals surface area (Å²) in [4.78, 5) is 21.7. The summed E-state index contributed by atoms with van der Waals surface area (Å²) in [5, 5.41) is 0. The molecule has 0 amide bonds. The average Bonchev–Trinajstić information content (AvgIpc) is 2.28. The van der Waals surface area contributed by atoms with Crippen LogP contribution in [0.2, 0.25) is 0 Å². The van der Waals surface area contributed by atoms with E-state index in [1.54, 1.807) is 12.2 Å². The van der Waals surface area contributed by atoms with E-state index in [-0.39, 0.29) is 6.61 Å². The highest BCUT2D eigenvalue weighted by molar-refractivity contribution is 5.66. The number of hydrogen-bond donors (Lipinski definition) is 0. The Morgan fingerprint density at radius 3 is 2.50 bits per heavy atom. The molecule has 6 nitrogen and oxygen atoms in total. The maximum Gasteiger partial charge on any atom is 0.303 e. The molecule has 0 saturated heterocycles. The highest BCUT2D eigenvalue weighted by atomic mass is 16.7. The molecule has 0 radical (unpaired) electrons. The molecule has 0 aromatic carbocycles. The molecule has 0 bridgehead atoms. The fourth-order valence-corrected chi connectivity index (χ4v) is 1.52. The van der Waals surface area contributed by atoms with Gasteiger partial charge in [-0.2, -0.15) is 0 Å². The number of carbonyl (C=O) groups excluding carboxylic acids is 2. The van der Waals surface area contributed by atoms with Crippen molar-refractivity contribution in [1.82, 2.24) is 0 Å². The van der Waals surface area contributed by atoms with Gasteiger partial charge in [0.25, 0.3) is 0 Å². The summed E-state index contributed by atoms with van der Waals surface area (Å²) in [7, 11) is 0. The third kappa shape index (κ3) is 4.85. The van der Waals surface area contributed by atoms with Gasteiger partial charge in [-0.15, -0.1) is 0 Å². The normalized spacial score (nSPS) is 26.7. The third-order valence-corrected chi connectivity index (χ3v) is 2.22. The van der Waals surface area contributed by atoms with E-state index in [0.29, 0.717) is 6.61 Å². The van der Waals surface area contributed by atoms with E-state index < -0.39 is 30.4 Å². The molecule has 0 spiro atoms. The third-order valence-electron chi connectivity index (χ3n) is 2.22. The molecule has 102 valence electrons. The van der Waals surface area contributed by atoms with E-state index in [9.17, 15) is 9.59 Å². The highest BCUT2D eigenvalue weighted by Gasteiger charge is 2.30. The molecule has 1 rings (SSSR count). The summed E-state index contributed by atoms with van der Waals surface area (Å²) in [5.74, 6) is -0.835. The van der Waals surface area contributed by atoms with Crippen molar-refractivity contribution in [1.29, 1.82) is 0 Å². The van der Waals surface area contributed by atoms with E-state index >= 15 is 0 Å². The van der Waals surface area contributed by atoms with Crippen molar-refractivity contribution in [3.8, 4) is 0 Å². The molecule has 1 aliphatic rings. The van der Waals surface area contributed by atoms with Crippen molar-refractivity contribution in [3.05, 3.63) is 12.2 Å². The van der Waals surface area contributed by atoms with Gasteiger partial charge in [0.2, 0.25) is 0 Å². The lowest BCUT2D eigenvalue weighted by atomic mass is 10.1. The lowest BCUT2D eigenvalue weighted by Gasteiger charge is -2.31. The van der Waals surface area contributed by atoms with Crippen LogP contribution in [-0.2, 0) is 28.5 Å². The largest absolute Gasteiger partial charge is 0.463 e. The summed E-state index contributed by atoms with van der Waals surface area (Å²) in [5.41, 5.74) is 0. The zero-order chi connectivity index (χ0) is 13.5. The van der Waals surface area contributed by atoms with Crippen LogP contribution in [-0.4, -0.2) is 43.7 Å². The first-order chi connectivity index (χ1) is 8.52. The van der Waals surface area contributed by atoms with E-state index in [4.69, 9.17) is 18.9 Å². The highest BCUT2D eigenvalue weighted by Crippen LogP contribution is 2.17. The molecule has 18 heavy (non-hydrogen) atoms. The van der Waals surface area contributed by atoms with Gasteiger partial charge in [-0.25, -0.2) is 0 Å². The van der Waals surface area contributed by atoms with Gasteiger partial charge >= 0.3 is 11.9 Å². The van der Waals surface area contributed by atoms with Gasteiger partial charge in [-0.1, -0.05) is 0 Å². The standard InChI is InChI=1S/C12H18O6/c1-4-15-12-6-5-10(17-9(3)14)11(18-12)7-16-8(2)13/h5-6,10-12H,4,7H2,1-3H3/t10-,11+,12-/m1/s1. The Hall–Kier alpha value is -1.40. The van der Waals surface area contributed by atoms with Crippen molar-refractivity contribution in [3.63, 3.8) is 0 Å². The Labute approximate surface area is 106 Å². The van der Waals surface area contributed by atoms with E-state index in [2.05, 4.69) is 0 Å². The van der Waals surface area contributed by atoms with Gasteiger partial charge in [-0.05, 0) is 19.1 Å². The average molecular weight is 258 g/mol. The fourth-order valence-electron chi connectivity index (χ4n) is 1.52. The van der Waals surface area contributed by atoms with Crippen LogP contribution in [0.25, 0.3) is 0 Å². The van der Waals surface area contributed by atoms with E-state index in [0.717, 1.165) is 0 Å². The zero-order valence-corrected chi connectivity index (χ0v) is 10.8. The molecule has 0 fully saturated rings. The number of carbonyl (C=O) groups is 2. The predicted octanol–water partition coefficient (Wildman–Crippen LogP) is 0.799. The van der Waals surface area contributed by atoms with Crippen molar-refractivity contribution in [2.45, 2.75) is 39.3 Å². The maximum absolute atomic E-state index is 11.0. The monoisotopic (exact) mass is 258 g/mol. The second-order valence-electron chi connectivity index (χ2n) is 3.76. The fraction of sp³-hybridized carbons (Fsp3) is 0.667. The Morgan fingerprint density at radius 1 is 1.22 bits per heavy atom. The zero-order valence-electron chi connectivity index (χ0n) is 10.8. The summed E-state index contributed by atoms with van der Waals surface area (Å²) >= 11 is 0. The molecular weight excluding hydrogens is 240 g/mol.